The van der Waals surface area contributed by atoms with Gasteiger partial charge in [0.05, 0.1) is 13.2 Å². The molecule has 4 heteroatoms. The first kappa shape index (κ1) is 14.4. The summed E-state index contributed by atoms with van der Waals surface area (Å²) in [7, 11) is 0. The molecule has 1 aromatic rings. The van der Waals surface area contributed by atoms with E-state index in [4.69, 9.17) is 21.1 Å². The highest BCUT2D eigenvalue weighted by atomic mass is 35.5. The van der Waals surface area contributed by atoms with Crippen molar-refractivity contribution < 1.29 is 9.47 Å². The maximum Gasteiger partial charge on any atom is 0.123 e. The fraction of sp³-hybridized carbons (Fsp3) is 0.467. The molecule has 104 valence electrons. The number of fused-ring (bicyclic) bond motifs is 1. The molecular formula is C15H20ClNO2. The molecule has 1 unspecified atom stereocenters. The van der Waals surface area contributed by atoms with Crippen LogP contribution in [0.3, 0.4) is 0 Å². The van der Waals surface area contributed by atoms with Crippen molar-refractivity contribution in [3.8, 4) is 5.75 Å². The van der Waals surface area contributed by atoms with Gasteiger partial charge >= 0.3 is 0 Å². The zero-order valence-corrected chi connectivity index (χ0v) is 11.8. The van der Waals surface area contributed by atoms with Crippen LogP contribution in [-0.2, 0) is 11.2 Å². The summed E-state index contributed by atoms with van der Waals surface area (Å²) in [6.07, 6.45) is 3.88. The molecule has 1 N–H and O–H groups in total. The van der Waals surface area contributed by atoms with Crippen molar-refractivity contribution >= 4 is 11.6 Å². The predicted octanol–water partition coefficient (Wildman–Crippen LogP) is 2.83. The van der Waals surface area contributed by atoms with Crippen molar-refractivity contribution in [3.63, 3.8) is 0 Å². The van der Waals surface area contributed by atoms with Crippen LogP contribution in [-0.4, -0.2) is 32.4 Å². The topological polar surface area (TPSA) is 30.5 Å². The molecule has 0 saturated carbocycles. The normalized spacial score (nSPS) is 17.0. The molecule has 0 aromatic heterocycles. The number of rotatable bonds is 8. The molecule has 1 atom stereocenters. The highest BCUT2D eigenvalue weighted by Gasteiger charge is 2.22. The lowest BCUT2D eigenvalue weighted by atomic mass is 10.1. The first-order valence-electron chi connectivity index (χ1n) is 6.64. The molecule has 0 spiro atoms. The second kappa shape index (κ2) is 7.53. The maximum atomic E-state index is 5.96. The van der Waals surface area contributed by atoms with E-state index in [1.165, 1.54) is 5.56 Å². The van der Waals surface area contributed by atoms with Crippen LogP contribution in [0.1, 0.15) is 12.0 Å². The van der Waals surface area contributed by atoms with Crippen LogP contribution in [0.5, 0.6) is 5.75 Å². The van der Waals surface area contributed by atoms with Crippen LogP contribution in [0.15, 0.2) is 30.9 Å². The van der Waals surface area contributed by atoms with E-state index in [9.17, 15) is 0 Å². The van der Waals surface area contributed by atoms with Crippen molar-refractivity contribution in [3.05, 3.63) is 41.4 Å². The summed E-state index contributed by atoms with van der Waals surface area (Å²) < 4.78 is 11.3. The summed E-state index contributed by atoms with van der Waals surface area (Å²) in [6, 6.07) is 5.79. The van der Waals surface area contributed by atoms with Gasteiger partial charge in [-0.3, -0.25) is 0 Å². The molecule has 2 rings (SSSR count). The van der Waals surface area contributed by atoms with E-state index in [-0.39, 0.29) is 6.10 Å². The number of nitrogens with one attached hydrogen (secondary N) is 1. The lowest BCUT2D eigenvalue weighted by molar-refractivity contribution is 0.136. The fourth-order valence-corrected chi connectivity index (χ4v) is 2.27. The molecule has 3 nitrogen and oxygen atoms in total. The number of hydrogen-bond donors (Lipinski definition) is 1. The molecule has 19 heavy (non-hydrogen) atoms. The van der Waals surface area contributed by atoms with Crippen LogP contribution < -0.4 is 10.1 Å². The van der Waals surface area contributed by atoms with Crippen LogP contribution in [0, 0.1) is 0 Å². The third-order valence-corrected chi connectivity index (χ3v) is 3.26. The van der Waals surface area contributed by atoms with E-state index < -0.39 is 0 Å². The Balaban J connectivity index is 1.60. The van der Waals surface area contributed by atoms with Gasteiger partial charge in [0.1, 0.15) is 11.9 Å². The number of benzene rings is 1. The SMILES string of the molecule is C=CCCOCCNCC1Cc2cc(Cl)ccc2O1. The number of hydrogen-bond acceptors (Lipinski definition) is 3. The summed E-state index contributed by atoms with van der Waals surface area (Å²) >= 11 is 5.96. The van der Waals surface area contributed by atoms with E-state index in [1.807, 2.05) is 24.3 Å². The van der Waals surface area contributed by atoms with Crippen LogP contribution >= 0.6 is 11.6 Å². The Morgan fingerprint density at radius 1 is 1.47 bits per heavy atom. The highest BCUT2D eigenvalue weighted by Crippen LogP contribution is 2.30. The van der Waals surface area contributed by atoms with E-state index in [1.54, 1.807) is 0 Å². The Kier molecular flexibility index (Phi) is 5.70. The number of ether oxygens (including phenoxy) is 2. The summed E-state index contributed by atoms with van der Waals surface area (Å²) in [6.45, 7) is 6.79. The van der Waals surface area contributed by atoms with Crippen molar-refractivity contribution in [2.45, 2.75) is 18.9 Å². The molecule has 1 aliphatic rings. The third-order valence-electron chi connectivity index (χ3n) is 3.03. The zero-order valence-electron chi connectivity index (χ0n) is 11.0. The van der Waals surface area contributed by atoms with Gasteiger partial charge in [0.2, 0.25) is 0 Å². The maximum absolute atomic E-state index is 5.96. The Labute approximate surface area is 119 Å². The molecule has 1 aliphatic heterocycles. The van der Waals surface area contributed by atoms with Crippen molar-refractivity contribution in [2.75, 3.05) is 26.3 Å². The molecule has 0 fully saturated rings. The second-order valence-corrected chi connectivity index (χ2v) is 5.03. The quantitative estimate of drug-likeness (QED) is 0.587. The van der Waals surface area contributed by atoms with Crippen molar-refractivity contribution in [1.29, 1.82) is 0 Å². The molecule has 1 aromatic carbocycles. The highest BCUT2D eigenvalue weighted by molar-refractivity contribution is 6.30. The predicted molar refractivity (Wildman–Crippen MR) is 78.1 cm³/mol. The van der Waals surface area contributed by atoms with E-state index in [0.29, 0.717) is 0 Å². The molecule has 0 saturated heterocycles. The standard InChI is InChI=1S/C15H20ClNO2/c1-2-3-7-18-8-6-17-11-14-10-12-9-13(16)4-5-15(12)19-14/h2,4-5,9,14,17H,1,3,6-8,10-11H2. The first-order chi connectivity index (χ1) is 9.29. The van der Waals surface area contributed by atoms with E-state index in [0.717, 1.165) is 49.9 Å². The number of halogens is 1. The molecule has 0 bridgehead atoms. The van der Waals surface area contributed by atoms with Gasteiger partial charge < -0.3 is 14.8 Å². The van der Waals surface area contributed by atoms with Crippen LogP contribution in [0.25, 0.3) is 0 Å². The zero-order chi connectivity index (χ0) is 13.5. The minimum Gasteiger partial charge on any atom is -0.488 e. The minimum absolute atomic E-state index is 0.196. The summed E-state index contributed by atoms with van der Waals surface area (Å²) in [5.74, 6) is 0.957. The molecule has 0 amide bonds. The summed E-state index contributed by atoms with van der Waals surface area (Å²) in [5, 5.41) is 4.11. The molecule has 0 aliphatic carbocycles. The van der Waals surface area contributed by atoms with Gasteiger partial charge in [0, 0.05) is 24.5 Å². The first-order valence-corrected chi connectivity index (χ1v) is 7.02. The molecule has 1 heterocycles. The Morgan fingerprint density at radius 2 is 2.37 bits per heavy atom. The summed E-state index contributed by atoms with van der Waals surface area (Å²) in [4.78, 5) is 0. The smallest absolute Gasteiger partial charge is 0.123 e. The minimum atomic E-state index is 0.196. The monoisotopic (exact) mass is 281 g/mol. The van der Waals surface area contributed by atoms with Gasteiger partial charge in [-0.2, -0.15) is 0 Å². The Morgan fingerprint density at radius 3 is 3.21 bits per heavy atom. The van der Waals surface area contributed by atoms with Gasteiger partial charge in [-0.15, -0.1) is 6.58 Å². The van der Waals surface area contributed by atoms with E-state index in [2.05, 4.69) is 11.9 Å². The largest absolute Gasteiger partial charge is 0.488 e. The van der Waals surface area contributed by atoms with E-state index >= 15 is 0 Å². The molecular weight excluding hydrogens is 262 g/mol. The van der Waals surface area contributed by atoms with Crippen LogP contribution in [0.4, 0.5) is 0 Å². The van der Waals surface area contributed by atoms with Gasteiger partial charge in [0.25, 0.3) is 0 Å². The van der Waals surface area contributed by atoms with Gasteiger partial charge in [0.15, 0.2) is 0 Å². The lowest BCUT2D eigenvalue weighted by Gasteiger charge is -2.11. The fourth-order valence-electron chi connectivity index (χ4n) is 2.08. The van der Waals surface area contributed by atoms with Gasteiger partial charge in [-0.1, -0.05) is 17.7 Å². The van der Waals surface area contributed by atoms with Crippen molar-refractivity contribution in [2.24, 2.45) is 0 Å². The Bertz CT molecular complexity index is 423. The molecule has 0 radical (unpaired) electrons. The third kappa shape index (κ3) is 4.53. The second-order valence-electron chi connectivity index (χ2n) is 4.59. The average Bonchev–Trinajstić information content (AvgIpc) is 2.79. The lowest BCUT2D eigenvalue weighted by Crippen LogP contribution is -2.32. The van der Waals surface area contributed by atoms with Gasteiger partial charge in [-0.25, -0.2) is 0 Å². The summed E-state index contributed by atoms with van der Waals surface area (Å²) in [5.41, 5.74) is 1.20. The Hall–Kier alpha value is -1.03. The average molecular weight is 282 g/mol. The van der Waals surface area contributed by atoms with Crippen LogP contribution in [0.2, 0.25) is 5.02 Å². The van der Waals surface area contributed by atoms with Gasteiger partial charge in [-0.05, 0) is 30.2 Å². The van der Waals surface area contributed by atoms with Crippen molar-refractivity contribution in [1.82, 2.24) is 5.32 Å².